The molecule has 1 unspecified atom stereocenters. The van der Waals surface area contributed by atoms with Crippen molar-refractivity contribution in [2.24, 2.45) is 5.73 Å². The lowest BCUT2D eigenvalue weighted by Crippen LogP contribution is -2.14. The molecule has 0 aliphatic carbocycles. The van der Waals surface area contributed by atoms with Crippen LogP contribution in [0.4, 0.5) is 4.39 Å². The molecule has 2 rings (SSSR count). The lowest BCUT2D eigenvalue weighted by atomic mass is 9.99. The first-order chi connectivity index (χ1) is 9.51. The molecule has 20 heavy (non-hydrogen) atoms. The summed E-state index contributed by atoms with van der Waals surface area (Å²) in [5.41, 5.74) is 7.66. The number of rotatable bonds is 4. The molecule has 2 nitrogen and oxygen atoms in total. The van der Waals surface area contributed by atoms with Crippen LogP contribution in [0.2, 0.25) is 10.0 Å². The highest BCUT2D eigenvalue weighted by atomic mass is 35.5. The van der Waals surface area contributed by atoms with E-state index in [-0.39, 0.29) is 11.8 Å². The molecule has 0 saturated heterocycles. The lowest BCUT2D eigenvalue weighted by Gasteiger charge is -2.14. The molecule has 5 heteroatoms. The first kappa shape index (κ1) is 15.1. The van der Waals surface area contributed by atoms with Crippen molar-refractivity contribution < 1.29 is 9.13 Å². The van der Waals surface area contributed by atoms with Gasteiger partial charge in [0.2, 0.25) is 0 Å². The zero-order chi connectivity index (χ0) is 14.7. The van der Waals surface area contributed by atoms with Crippen molar-refractivity contribution in [2.75, 3.05) is 7.11 Å². The van der Waals surface area contributed by atoms with Crippen LogP contribution >= 0.6 is 23.2 Å². The Bertz CT molecular complexity index is 619. The fraction of sp³-hybridized carbons (Fsp3) is 0.200. The molecule has 0 spiro atoms. The predicted molar refractivity (Wildman–Crippen MR) is 80.0 cm³/mol. The van der Waals surface area contributed by atoms with E-state index in [1.165, 1.54) is 13.2 Å². The van der Waals surface area contributed by atoms with Gasteiger partial charge in [0, 0.05) is 16.1 Å². The number of halogens is 3. The molecule has 0 radical (unpaired) electrons. The van der Waals surface area contributed by atoms with E-state index >= 15 is 0 Å². The zero-order valence-electron chi connectivity index (χ0n) is 10.9. The summed E-state index contributed by atoms with van der Waals surface area (Å²) in [6.45, 7) is 0. The number of ether oxygens (including phenoxy) is 1. The molecule has 1 atom stereocenters. The molecule has 106 valence electrons. The van der Waals surface area contributed by atoms with Crippen LogP contribution in [-0.4, -0.2) is 7.11 Å². The molecule has 2 aromatic carbocycles. The van der Waals surface area contributed by atoms with Gasteiger partial charge in [-0.2, -0.15) is 0 Å². The van der Waals surface area contributed by atoms with Gasteiger partial charge in [-0.3, -0.25) is 0 Å². The van der Waals surface area contributed by atoms with Gasteiger partial charge in [-0.05, 0) is 41.8 Å². The summed E-state index contributed by atoms with van der Waals surface area (Å²) in [6.07, 6.45) is 0.502. The second-order valence-electron chi connectivity index (χ2n) is 4.44. The molecule has 2 N–H and O–H groups in total. The van der Waals surface area contributed by atoms with Crippen LogP contribution < -0.4 is 10.5 Å². The summed E-state index contributed by atoms with van der Waals surface area (Å²) in [7, 11) is 1.42. The maximum atomic E-state index is 13.7. The molecule has 0 saturated carbocycles. The SMILES string of the molecule is COc1ccc(C(N)Cc2ccc(Cl)cc2Cl)cc1F. The Morgan fingerprint density at radius 1 is 1.20 bits per heavy atom. The number of hydrogen-bond acceptors (Lipinski definition) is 2. The van der Waals surface area contributed by atoms with Crippen LogP contribution in [0, 0.1) is 5.82 Å². The van der Waals surface area contributed by atoms with E-state index < -0.39 is 5.82 Å². The number of benzene rings is 2. The highest BCUT2D eigenvalue weighted by molar-refractivity contribution is 6.35. The Morgan fingerprint density at radius 3 is 2.55 bits per heavy atom. The second kappa shape index (κ2) is 6.44. The van der Waals surface area contributed by atoms with Gasteiger partial charge in [-0.25, -0.2) is 4.39 Å². The fourth-order valence-corrected chi connectivity index (χ4v) is 2.44. The van der Waals surface area contributed by atoms with Crippen molar-refractivity contribution in [3.05, 3.63) is 63.4 Å². The monoisotopic (exact) mass is 313 g/mol. The second-order valence-corrected chi connectivity index (χ2v) is 5.28. The van der Waals surface area contributed by atoms with Crippen molar-refractivity contribution in [2.45, 2.75) is 12.5 Å². The van der Waals surface area contributed by atoms with Gasteiger partial charge in [0.1, 0.15) is 0 Å². The topological polar surface area (TPSA) is 35.2 Å². The minimum atomic E-state index is -0.428. The fourth-order valence-electron chi connectivity index (χ4n) is 1.96. The maximum Gasteiger partial charge on any atom is 0.165 e. The van der Waals surface area contributed by atoms with E-state index in [0.29, 0.717) is 22.0 Å². The first-order valence-corrected chi connectivity index (χ1v) is 6.80. The van der Waals surface area contributed by atoms with Crippen molar-refractivity contribution >= 4 is 23.2 Å². The van der Waals surface area contributed by atoms with Gasteiger partial charge in [0.05, 0.1) is 7.11 Å². The van der Waals surface area contributed by atoms with Crippen molar-refractivity contribution in [1.82, 2.24) is 0 Å². The summed E-state index contributed by atoms with van der Waals surface area (Å²) in [5.74, 6) is -0.229. The maximum absolute atomic E-state index is 13.7. The Labute approximate surface area is 127 Å². The molecular formula is C15H14Cl2FNO. The molecule has 0 aromatic heterocycles. The van der Waals surface area contributed by atoms with E-state index in [4.69, 9.17) is 33.7 Å². The van der Waals surface area contributed by atoms with Gasteiger partial charge in [0.25, 0.3) is 0 Å². The number of nitrogens with two attached hydrogens (primary N) is 1. The minimum Gasteiger partial charge on any atom is -0.494 e. The highest BCUT2D eigenvalue weighted by Gasteiger charge is 2.12. The van der Waals surface area contributed by atoms with Crippen LogP contribution in [0.1, 0.15) is 17.2 Å². The van der Waals surface area contributed by atoms with E-state index in [1.54, 1.807) is 24.3 Å². The van der Waals surface area contributed by atoms with Gasteiger partial charge in [0.15, 0.2) is 11.6 Å². The van der Waals surface area contributed by atoms with Crippen LogP contribution in [-0.2, 0) is 6.42 Å². The van der Waals surface area contributed by atoms with Crippen molar-refractivity contribution in [3.63, 3.8) is 0 Å². The van der Waals surface area contributed by atoms with Gasteiger partial charge < -0.3 is 10.5 Å². The van der Waals surface area contributed by atoms with Crippen molar-refractivity contribution in [1.29, 1.82) is 0 Å². The molecule has 0 bridgehead atoms. The van der Waals surface area contributed by atoms with E-state index in [9.17, 15) is 4.39 Å². The molecule has 0 aliphatic heterocycles. The highest BCUT2D eigenvalue weighted by Crippen LogP contribution is 2.27. The van der Waals surface area contributed by atoms with Crippen LogP contribution in [0.15, 0.2) is 36.4 Å². The van der Waals surface area contributed by atoms with Crippen LogP contribution in [0.25, 0.3) is 0 Å². The van der Waals surface area contributed by atoms with Crippen LogP contribution in [0.5, 0.6) is 5.75 Å². The van der Waals surface area contributed by atoms with Gasteiger partial charge in [-0.15, -0.1) is 0 Å². The molecule has 0 fully saturated rings. The van der Waals surface area contributed by atoms with Gasteiger partial charge >= 0.3 is 0 Å². The smallest absolute Gasteiger partial charge is 0.165 e. The molecule has 2 aromatic rings. The first-order valence-electron chi connectivity index (χ1n) is 6.04. The Hall–Kier alpha value is -1.29. The van der Waals surface area contributed by atoms with E-state index in [2.05, 4.69) is 0 Å². The normalized spacial score (nSPS) is 12.2. The Kier molecular flexibility index (Phi) is 4.86. The average molecular weight is 314 g/mol. The minimum absolute atomic E-state index is 0.200. The third kappa shape index (κ3) is 3.42. The molecule has 0 aliphatic rings. The summed E-state index contributed by atoms with van der Waals surface area (Å²) in [4.78, 5) is 0. The third-order valence-electron chi connectivity index (χ3n) is 3.06. The summed E-state index contributed by atoms with van der Waals surface area (Å²) in [5, 5.41) is 1.13. The summed E-state index contributed by atoms with van der Waals surface area (Å²) >= 11 is 12.0. The Morgan fingerprint density at radius 2 is 1.95 bits per heavy atom. The predicted octanol–water partition coefficient (Wildman–Crippen LogP) is 4.38. The average Bonchev–Trinajstić information content (AvgIpc) is 2.41. The van der Waals surface area contributed by atoms with Crippen molar-refractivity contribution in [3.8, 4) is 5.75 Å². The Balaban J connectivity index is 2.19. The number of methoxy groups -OCH3 is 1. The largest absolute Gasteiger partial charge is 0.494 e. The standard InChI is InChI=1S/C15H14Cl2FNO/c1-20-15-5-3-10(6-13(15)18)14(19)7-9-2-4-11(16)8-12(9)17/h2-6,8,14H,7,19H2,1H3. The molecule has 0 amide bonds. The molecule has 0 heterocycles. The van der Waals surface area contributed by atoms with E-state index in [1.807, 2.05) is 6.07 Å². The lowest BCUT2D eigenvalue weighted by molar-refractivity contribution is 0.386. The molecular weight excluding hydrogens is 300 g/mol. The van der Waals surface area contributed by atoms with Gasteiger partial charge in [-0.1, -0.05) is 35.3 Å². The van der Waals surface area contributed by atoms with Crippen LogP contribution in [0.3, 0.4) is 0 Å². The third-order valence-corrected chi connectivity index (χ3v) is 3.65. The van der Waals surface area contributed by atoms with E-state index in [0.717, 1.165) is 5.56 Å². The number of hydrogen-bond donors (Lipinski definition) is 1. The summed E-state index contributed by atoms with van der Waals surface area (Å²) < 4.78 is 18.5. The summed E-state index contributed by atoms with van der Waals surface area (Å²) in [6, 6.07) is 9.58. The zero-order valence-corrected chi connectivity index (χ0v) is 12.4. The quantitative estimate of drug-likeness (QED) is 0.909.